The van der Waals surface area contributed by atoms with Gasteiger partial charge in [0, 0.05) is 41.2 Å². The molecule has 0 amide bonds. The number of pyridine rings is 1. The molecule has 10 heteroatoms. The van der Waals surface area contributed by atoms with Crippen molar-refractivity contribution in [2.24, 2.45) is 5.73 Å². The van der Waals surface area contributed by atoms with E-state index < -0.39 is 12.0 Å². The van der Waals surface area contributed by atoms with Gasteiger partial charge in [-0.3, -0.25) is 0 Å². The Morgan fingerprint density at radius 3 is 2.44 bits per heavy atom. The number of fused-ring (bicyclic) bond motifs is 2. The lowest BCUT2D eigenvalue weighted by Crippen LogP contribution is -2.33. The number of aryl methyl sites for hydroxylation is 2. The Labute approximate surface area is 247 Å². The minimum absolute atomic E-state index is 0.0701. The monoisotopic (exact) mass is 580 g/mol. The van der Waals surface area contributed by atoms with E-state index in [9.17, 15) is 5.11 Å². The molecule has 0 spiro atoms. The summed E-state index contributed by atoms with van der Waals surface area (Å²) in [6, 6.07) is 20.2. The Morgan fingerprint density at radius 2 is 1.70 bits per heavy atom. The van der Waals surface area contributed by atoms with Gasteiger partial charge in [0.2, 0.25) is 5.88 Å². The molecule has 3 heterocycles. The summed E-state index contributed by atoms with van der Waals surface area (Å²) in [6.45, 7) is 3.08. The van der Waals surface area contributed by atoms with Gasteiger partial charge in [-0.2, -0.15) is 0 Å². The first-order valence-corrected chi connectivity index (χ1v) is 13.8. The van der Waals surface area contributed by atoms with Crippen LogP contribution in [-0.2, 0) is 6.54 Å². The molecular weight excluding hydrogens is 549 g/mol. The van der Waals surface area contributed by atoms with Gasteiger partial charge in [-0.1, -0.05) is 24.3 Å². The smallest absolute Gasteiger partial charge is 0.230 e. The number of hydrogen-bond acceptors (Lipinski definition) is 7. The fourth-order valence-electron chi connectivity index (χ4n) is 4.97. The van der Waals surface area contributed by atoms with Crippen molar-refractivity contribution in [3.63, 3.8) is 0 Å². The average Bonchev–Trinajstić information content (AvgIpc) is 3.42. The van der Waals surface area contributed by atoms with Crippen LogP contribution in [-0.4, -0.2) is 33.8 Å². The molecule has 0 saturated heterocycles. The van der Waals surface area contributed by atoms with Crippen LogP contribution in [0.15, 0.2) is 85.5 Å². The first-order valence-electron chi connectivity index (χ1n) is 13.8. The molecule has 43 heavy (non-hydrogen) atoms. The summed E-state index contributed by atoms with van der Waals surface area (Å²) in [5.74, 6) is 0.861. The lowest BCUT2D eigenvalue weighted by Gasteiger charge is -2.13. The second-order valence-corrected chi connectivity index (χ2v) is 10.2. The lowest BCUT2D eigenvalue weighted by molar-refractivity contribution is -0.697. The van der Waals surface area contributed by atoms with Crippen LogP contribution in [0, 0.1) is 12.7 Å². The van der Waals surface area contributed by atoms with Crippen molar-refractivity contribution in [3.8, 4) is 34.3 Å². The van der Waals surface area contributed by atoms with Gasteiger partial charge in [-0.25, -0.2) is 18.9 Å². The number of nitrogens with one attached hydrogen (secondary N) is 1. The van der Waals surface area contributed by atoms with Gasteiger partial charge in [0.05, 0.1) is 24.6 Å². The molecule has 0 aliphatic carbocycles. The van der Waals surface area contributed by atoms with Crippen molar-refractivity contribution in [2.75, 3.05) is 13.7 Å². The van der Waals surface area contributed by atoms with Gasteiger partial charge in [0.1, 0.15) is 12.6 Å². The molecule has 0 saturated carbocycles. The van der Waals surface area contributed by atoms with Crippen molar-refractivity contribution in [2.45, 2.75) is 26.1 Å². The number of methoxy groups -OCH3 is 1. The van der Waals surface area contributed by atoms with E-state index >= 15 is 4.39 Å². The zero-order valence-electron chi connectivity index (χ0n) is 23.8. The SMILES string of the molecule is COc1cc2c(Oc3ccc4[nH]c(C)cc4c3F)ncnc2cc1OCCC[n+]1ccc(-c2ccc(C(N)O)cc2)cc1. The topological polar surface area (TPSA) is 119 Å². The Kier molecular flexibility index (Phi) is 7.86. The highest BCUT2D eigenvalue weighted by Gasteiger charge is 2.17. The molecule has 0 aliphatic rings. The number of hydrogen-bond donors (Lipinski definition) is 3. The van der Waals surface area contributed by atoms with Gasteiger partial charge in [-0.05, 0) is 47.9 Å². The number of nitrogens with zero attached hydrogens (tertiary/aromatic N) is 3. The van der Waals surface area contributed by atoms with Gasteiger partial charge in [0.15, 0.2) is 42.0 Å². The van der Waals surface area contributed by atoms with Crippen molar-refractivity contribution < 1.29 is 28.3 Å². The normalized spacial score (nSPS) is 12.0. The Hall–Kier alpha value is -5.06. The molecule has 218 valence electrons. The quantitative estimate of drug-likeness (QED) is 0.108. The number of benzene rings is 3. The number of aromatic amines is 1. The van der Waals surface area contributed by atoms with Crippen LogP contribution in [0.1, 0.15) is 23.9 Å². The van der Waals surface area contributed by atoms with E-state index in [-0.39, 0.29) is 11.6 Å². The predicted molar refractivity (Wildman–Crippen MR) is 160 cm³/mol. The molecule has 6 aromatic rings. The van der Waals surface area contributed by atoms with Gasteiger partial charge < -0.3 is 30.0 Å². The first-order chi connectivity index (χ1) is 20.9. The van der Waals surface area contributed by atoms with Crippen molar-refractivity contribution in [1.29, 1.82) is 0 Å². The van der Waals surface area contributed by atoms with E-state index in [0.717, 1.165) is 29.8 Å². The third-order valence-electron chi connectivity index (χ3n) is 7.22. The number of aromatic nitrogens is 4. The summed E-state index contributed by atoms with van der Waals surface area (Å²) in [5.41, 5.74) is 10.5. The lowest BCUT2D eigenvalue weighted by atomic mass is 10.0. The molecule has 0 radical (unpaired) electrons. The third-order valence-corrected chi connectivity index (χ3v) is 7.22. The van der Waals surface area contributed by atoms with E-state index in [4.69, 9.17) is 19.9 Å². The molecule has 3 aromatic carbocycles. The average molecular weight is 581 g/mol. The molecule has 0 aliphatic heterocycles. The van der Waals surface area contributed by atoms with Crippen LogP contribution in [0.3, 0.4) is 0 Å². The molecule has 9 nitrogen and oxygen atoms in total. The van der Waals surface area contributed by atoms with Crippen LogP contribution in [0.25, 0.3) is 32.9 Å². The Morgan fingerprint density at radius 1 is 0.930 bits per heavy atom. The highest BCUT2D eigenvalue weighted by molar-refractivity contribution is 5.87. The summed E-state index contributed by atoms with van der Waals surface area (Å²) >= 11 is 0. The molecular formula is C33H31FN5O4+. The summed E-state index contributed by atoms with van der Waals surface area (Å²) < 4.78 is 34.8. The third kappa shape index (κ3) is 5.97. The Balaban J connectivity index is 1.11. The highest BCUT2D eigenvalue weighted by atomic mass is 19.1. The summed E-state index contributed by atoms with van der Waals surface area (Å²) in [4.78, 5) is 11.7. The minimum atomic E-state index is -0.977. The first kappa shape index (κ1) is 28.1. The maximum absolute atomic E-state index is 15.2. The number of rotatable bonds is 10. The van der Waals surface area contributed by atoms with Crippen molar-refractivity contribution in [3.05, 3.63) is 103 Å². The number of nitrogens with two attached hydrogens (primary N) is 1. The zero-order valence-corrected chi connectivity index (χ0v) is 23.8. The maximum atomic E-state index is 15.2. The molecule has 6 rings (SSSR count). The van der Waals surface area contributed by atoms with Crippen LogP contribution in [0.2, 0.25) is 0 Å². The summed E-state index contributed by atoms with van der Waals surface area (Å²) in [6.07, 6.45) is 5.20. The van der Waals surface area contributed by atoms with Gasteiger partial charge in [-0.15, -0.1) is 0 Å². The molecule has 4 N–H and O–H groups in total. The van der Waals surface area contributed by atoms with Crippen LogP contribution in [0.5, 0.6) is 23.1 Å². The van der Waals surface area contributed by atoms with E-state index in [1.807, 2.05) is 55.7 Å². The minimum Gasteiger partial charge on any atom is -0.493 e. The van der Waals surface area contributed by atoms with Gasteiger partial charge >= 0.3 is 0 Å². The van der Waals surface area contributed by atoms with Crippen molar-refractivity contribution in [1.82, 2.24) is 15.0 Å². The number of ether oxygens (including phenoxy) is 3. The molecule has 3 aromatic heterocycles. The predicted octanol–water partition coefficient (Wildman–Crippen LogP) is 5.73. The number of H-pyrrole nitrogens is 1. The maximum Gasteiger partial charge on any atom is 0.230 e. The number of aliphatic hydroxyl groups excluding tert-OH is 1. The van der Waals surface area contributed by atoms with Crippen LogP contribution < -0.4 is 24.5 Å². The fourth-order valence-corrected chi connectivity index (χ4v) is 4.97. The molecule has 0 fully saturated rings. The van der Waals surface area contributed by atoms with E-state index in [1.54, 1.807) is 37.4 Å². The van der Waals surface area contributed by atoms with E-state index in [2.05, 4.69) is 19.5 Å². The molecule has 1 unspecified atom stereocenters. The van der Waals surface area contributed by atoms with Crippen molar-refractivity contribution >= 4 is 21.8 Å². The second kappa shape index (κ2) is 12.0. The molecule has 0 bridgehead atoms. The fraction of sp³-hybridized carbons (Fsp3) is 0.182. The Bertz CT molecular complexity index is 1890. The number of aliphatic hydroxyl groups is 1. The highest BCUT2D eigenvalue weighted by Crippen LogP contribution is 2.37. The van der Waals surface area contributed by atoms with Crippen LogP contribution >= 0.6 is 0 Å². The standard InChI is InChI=1S/C33H31FN5O4/c1-20-16-24-26(38-20)8-9-28(31(24)34)43-33-25-17-29(41-2)30(18-27(25)36-19-37-33)42-15-3-12-39-13-10-22(11-14-39)21-4-6-23(7-5-21)32(35)40/h4-11,13-14,16-19,32,38,40H,3,12,15,35H2,1-2H3/q+1. The number of halogens is 1. The van der Waals surface area contributed by atoms with Gasteiger partial charge in [0.25, 0.3) is 0 Å². The largest absolute Gasteiger partial charge is 0.493 e. The summed E-state index contributed by atoms with van der Waals surface area (Å²) in [7, 11) is 1.56. The summed E-state index contributed by atoms with van der Waals surface area (Å²) in [5, 5.41) is 10.5. The zero-order chi connectivity index (χ0) is 29.9. The molecule has 1 atom stereocenters. The van der Waals surface area contributed by atoms with E-state index in [1.165, 1.54) is 6.33 Å². The van der Waals surface area contributed by atoms with E-state index in [0.29, 0.717) is 45.5 Å². The van der Waals surface area contributed by atoms with Crippen LogP contribution in [0.4, 0.5) is 4.39 Å². The second-order valence-electron chi connectivity index (χ2n) is 10.2.